The Morgan fingerprint density at radius 2 is 1.66 bits per heavy atom. The largest absolute Gasteiger partial charge is 0.339 e. The molecule has 0 atom stereocenters. The average molecular weight is 402 g/mol. The predicted octanol–water partition coefficient (Wildman–Crippen LogP) is 4.75. The number of benzene rings is 2. The molecular formula is C23H20ClN5. The molecule has 0 amide bonds. The van der Waals surface area contributed by atoms with Gasteiger partial charge in [0.25, 0.3) is 0 Å². The molecule has 2 aromatic heterocycles. The van der Waals surface area contributed by atoms with Crippen molar-refractivity contribution in [3.63, 3.8) is 0 Å². The summed E-state index contributed by atoms with van der Waals surface area (Å²) in [5.41, 5.74) is 5.34. The van der Waals surface area contributed by atoms with Crippen LogP contribution in [-0.4, -0.2) is 31.4 Å². The van der Waals surface area contributed by atoms with Crippen LogP contribution in [0.4, 0.5) is 0 Å². The third-order valence-corrected chi connectivity index (χ3v) is 5.51. The average Bonchev–Trinajstić information content (AvgIpc) is 3.15. The molecule has 1 aliphatic rings. The number of halogens is 1. The first-order chi connectivity index (χ1) is 14.3. The summed E-state index contributed by atoms with van der Waals surface area (Å²) in [6.07, 6.45) is 2.86. The van der Waals surface area contributed by atoms with Crippen molar-refractivity contribution >= 4 is 11.6 Å². The van der Waals surface area contributed by atoms with E-state index in [0.29, 0.717) is 5.15 Å². The molecule has 0 spiro atoms. The quantitative estimate of drug-likeness (QED) is 0.536. The van der Waals surface area contributed by atoms with Crippen LogP contribution in [0.15, 0.2) is 66.9 Å². The number of imidazole rings is 1. The predicted molar refractivity (Wildman–Crippen MR) is 114 cm³/mol. The van der Waals surface area contributed by atoms with Gasteiger partial charge < -0.3 is 4.98 Å². The molecule has 0 bridgehead atoms. The second-order valence-corrected chi connectivity index (χ2v) is 7.57. The normalized spacial score (nSPS) is 14.0. The molecule has 144 valence electrons. The maximum absolute atomic E-state index is 6.41. The third kappa shape index (κ3) is 3.79. The van der Waals surface area contributed by atoms with E-state index in [9.17, 15) is 0 Å². The fourth-order valence-corrected chi connectivity index (χ4v) is 3.88. The fraction of sp³-hybridized carbons (Fsp3) is 0.174. The number of H-pyrrole nitrogens is 1. The molecule has 0 radical (unpaired) electrons. The van der Waals surface area contributed by atoms with Gasteiger partial charge in [-0.2, -0.15) is 0 Å². The summed E-state index contributed by atoms with van der Waals surface area (Å²) in [6.45, 7) is 2.45. The highest BCUT2D eigenvalue weighted by Crippen LogP contribution is 2.25. The van der Waals surface area contributed by atoms with Gasteiger partial charge in [0.05, 0.1) is 11.4 Å². The Labute approximate surface area is 174 Å². The highest BCUT2D eigenvalue weighted by molar-refractivity contribution is 6.30. The maximum atomic E-state index is 6.41. The SMILES string of the molecule is Clc1nc(-c2ccccc2)[nH]c1CN1CCc2nc(-c3ccccc3)ncc2C1. The second-order valence-electron chi connectivity index (χ2n) is 7.21. The van der Waals surface area contributed by atoms with E-state index in [-0.39, 0.29) is 0 Å². The van der Waals surface area contributed by atoms with E-state index in [0.717, 1.165) is 60.2 Å². The maximum Gasteiger partial charge on any atom is 0.159 e. The molecule has 1 aliphatic heterocycles. The summed E-state index contributed by atoms with van der Waals surface area (Å²) in [5.74, 6) is 1.60. The van der Waals surface area contributed by atoms with E-state index in [1.54, 1.807) is 0 Å². The summed E-state index contributed by atoms with van der Waals surface area (Å²) < 4.78 is 0. The van der Waals surface area contributed by atoms with Crippen LogP contribution in [0.3, 0.4) is 0 Å². The van der Waals surface area contributed by atoms with E-state index in [1.807, 2.05) is 66.9 Å². The Hall–Kier alpha value is -3.02. The van der Waals surface area contributed by atoms with Gasteiger partial charge >= 0.3 is 0 Å². The van der Waals surface area contributed by atoms with Crippen molar-refractivity contribution in [2.45, 2.75) is 19.5 Å². The van der Waals surface area contributed by atoms with Crippen LogP contribution in [0, 0.1) is 0 Å². The Morgan fingerprint density at radius 1 is 0.931 bits per heavy atom. The zero-order valence-corrected chi connectivity index (χ0v) is 16.6. The topological polar surface area (TPSA) is 57.7 Å². The molecule has 3 heterocycles. The Kier molecular flexibility index (Phi) is 4.84. The fourth-order valence-electron chi connectivity index (χ4n) is 3.69. The van der Waals surface area contributed by atoms with E-state index >= 15 is 0 Å². The van der Waals surface area contributed by atoms with Gasteiger partial charge in [0, 0.05) is 48.9 Å². The number of aromatic amines is 1. The van der Waals surface area contributed by atoms with Crippen LogP contribution < -0.4 is 0 Å². The lowest BCUT2D eigenvalue weighted by Gasteiger charge is -2.27. The molecule has 1 N–H and O–H groups in total. The number of nitrogens with one attached hydrogen (secondary N) is 1. The van der Waals surface area contributed by atoms with Crippen molar-refractivity contribution in [3.05, 3.63) is 89.0 Å². The van der Waals surface area contributed by atoms with Crippen molar-refractivity contribution in [1.29, 1.82) is 0 Å². The van der Waals surface area contributed by atoms with E-state index in [4.69, 9.17) is 16.6 Å². The Balaban J connectivity index is 1.32. The van der Waals surface area contributed by atoms with Gasteiger partial charge in [0.1, 0.15) is 5.82 Å². The summed E-state index contributed by atoms with van der Waals surface area (Å²) in [5, 5.41) is 0.533. The van der Waals surface area contributed by atoms with Gasteiger partial charge in [0.2, 0.25) is 0 Å². The van der Waals surface area contributed by atoms with Crippen LogP contribution in [-0.2, 0) is 19.5 Å². The first kappa shape index (κ1) is 18.0. The summed E-state index contributed by atoms with van der Waals surface area (Å²) in [4.78, 5) is 19.6. The first-order valence-electron chi connectivity index (χ1n) is 9.68. The lowest BCUT2D eigenvalue weighted by atomic mass is 10.1. The van der Waals surface area contributed by atoms with Crippen LogP contribution in [0.5, 0.6) is 0 Å². The molecule has 4 aromatic rings. The van der Waals surface area contributed by atoms with Gasteiger partial charge in [0.15, 0.2) is 11.0 Å². The number of nitrogens with zero attached hydrogens (tertiary/aromatic N) is 4. The first-order valence-corrected chi connectivity index (χ1v) is 10.1. The molecule has 29 heavy (non-hydrogen) atoms. The van der Waals surface area contributed by atoms with Crippen molar-refractivity contribution < 1.29 is 0 Å². The molecule has 2 aromatic carbocycles. The molecule has 0 saturated heterocycles. The molecule has 6 heteroatoms. The van der Waals surface area contributed by atoms with Crippen molar-refractivity contribution in [2.75, 3.05) is 6.54 Å². The van der Waals surface area contributed by atoms with E-state index in [2.05, 4.69) is 19.9 Å². The van der Waals surface area contributed by atoms with E-state index in [1.165, 1.54) is 5.56 Å². The van der Waals surface area contributed by atoms with Gasteiger partial charge in [-0.25, -0.2) is 15.0 Å². The van der Waals surface area contributed by atoms with Gasteiger partial charge in [-0.1, -0.05) is 72.3 Å². The van der Waals surface area contributed by atoms with Gasteiger partial charge in [-0.15, -0.1) is 0 Å². The zero-order chi connectivity index (χ0) is 19.6. The van der Waals surface area contributed by atoms with Crippen molar-refractivity contribution in [3.8, 4) is 22.8 Å². The Bertz CT molecular complexity index is 1120. The molecule has 0 aliphatic carbocycles. The van der Waals surface area contributed by atoms with Crippen LogP contribution >= 0.6 is 11.6 Å². The van der Waals surface area contributed by atoms with Crippen LogP contribution in [0.2, 0.25) is 5.15 Å². The summed E-state index contributed by atoms with van der Waals surface area (Å²) >= 11 is 6.41. The number of aromatic nitrogens is 4. The second kappa shape index (κ2) is 7.78. The molecule has 5 rings (SSSR count). The van der Waals surface area contributed by atoms with Gasteiger partial charge in [-0.05, 0) is 0 Å². The lowest BCUT2D eigenvalue weighted by molar-refractivity contribution is 0.240. The van der Waals surface area contributed by atoms with Crippen LogP contribution in [0.1, 0.15) is 17.0 Å². The molecule has 0 saturated carbocycles. The summed E-state index contributed by atoms with van der Waals surface area (Å²) in [6, 6.07) is 20.1. The monoisotopic (exact) mass is 401 g/mol. The lowest BCUT2D eigenvalue weighted by Crippen LogP contribution is -2.31. The highest BCUT2D eigenvalue weighted by atomic mass is 35.5. The standard InChI is InChI=1S/C23H20ClN5/c24-21-20(27-23(28-21)17-9-5-2-6-10-17)15-29-12-11-19-18(14-29)13-25-22(26-19)16-7-3-1-4-8-16/h1-10,13H,11-12,14-15H2,(H,27,28). The smallest absolute Gasteiger partial charge is 0.159 e. The van der Waals surface area contributed by atoms with E-state index < -0.39 is 0 Å². The summed E-state index contributed by atoms with van der Waals surface area (Å²) in [7, 11) is 0. The van der Waals surface area contributed by atoms with Crippen LogP contribution in [0.25, 0.3) is 22.8 Å². The third-order valence-electron chi connectivity index (χ3n) is 5.20. The minimum absolute atomic E-state index is 0.533. The number of hydrogen-bond donors (Lipinski definition) is 1. The zero-order valence-electron chi connectivity index (χ0n) is 15.8. The van der Waals surface area contributed by atoms with Crippen molar-refractivity contribution in [2.24, 2.45) is 0 Å². The minimum atomic E-state index is 0.533. The number of rotatable bonds is 4. The number of fused-ring (bicyclic) bond motifs is 1. The Morgan fingerprint density at radius 3 is 2.41 bits per heavy atom. The number of hydrogen-bond acceptors (Lipinski definition) is 4. The van der Waals surface area contributed by atoms with Crippen molar-refractivity contribution in [1.82, 2.24) is 24.8 Å². The van der Waals surface area contributed by atoms with Gasteiger partial charge in [-0.3, -0.25) is 4.90 Å². The highest BCUT2D eigenvalue weighted by Gasteiger charge is 2.21. The molecule has 5 nitrogen and oxygen atoms in total. The molecular weight excluding hydrogens is 382 g/mol. The minimum Gasteiger partial charge on any atom is -0.339 e. The molecule has 0 unspecified atom stereocenters. The molecule has 0 fully saturated rings.